The first-order chi connectivity index (χ1) is 5.83. The van der Waals surface area contributed by atoms with Gasteiger partial charge in [0.05, 0.1) is 0 Å². The van der Waals surface area contributed by atoms with E-state index in [2.05, 4.69) is 17.2 Å². The Morgan fingerprint density at radius 1 is 1.50 bits per heavy atom. The highest BCUT2D eigenvalue weighted by Gasteiger charge is 2.14. The van der Waals surface area contributed by atoms with Crippen molar-refractivity contribution in [1.82, 2.24) is 5.32 Å². The van der Waals surface area contributed by atoms with Crippen LogP contribution in [0.25, 0.3) is 0 Å². The lowest BCUT2D eigenvalue weighted by Crippen LogP contribution is -2.38. The van der Waals surface area contributed by atoms with E-state index < -0.39 is 0 Å². The molecule has 1 heterocycles. The fraction of sp³-hybridized carbons (Fsp3) is 0.667. The maximum absolute atomic E-state index is 11.0. The van der Waals surface area contributed by atoms with Crippen molar-refractivity contribution in [2.24, 2.45) is 0 Å². The molecule has 3 heteroatoms. The standard InChI is InChI=1S/C9H13NO2/c1-2-3-9(11)10-8-4-6-12-7-5-8/h8H,4-7H2,1H3,(H,10,11). The van der Waals surface area contributed by atoms with Crippen LogP contribution in [-0.2, 0) is 9.53 Å². The number of rotatable bonds is 1. The Balaban J connectivity index is 2.27. The Morgan fingerprint density at radius 2 is 2.17 bits per heavy atom. The van der Waals surface area contributed by atoms with Crippen LogP contribution in [0.2, 0.25) is 0 Å². The van der Waals surface area contributed by atoms with Gasteiger partial charge in [-0.2, -0.15) is 0 Å². The third kappa shape index (κ3) is 2.93. The minimum atomic E-state index is -0.176. The Labute approximate surface area is 72.5 Å². The summed E-state index contributed by atoms with van der Waals surface area (Å²) in [6.45, 7) is 3.14. The van der Waals surface area contributed by atoms with E-state index in [0.717, 1.165) is 26.1 Å². The van der Waals surface area contributed by atoms with Gasteiger partial charge in [-0.05, 0) is 25.7 Å². The van der Waals surface area contributed by atoms with Gasteiger partial charge in [0.1, 0.15) is 0 Å². The van der Waals surface area contributed by atoms with Crippen molar-refractivity contribution < 1.29 is 9.53 Å². The van der Waals surface area contributed by atoms with Crippen molar-refractivity contribution in [3.05, 3.63) is 0 Å². The van der Waals surface area contributed by atoms with Crippen LogP contribution < -0.4 is 5.32 Å². The monoisotopic (exact) mass is 167 g/mol. The van der Waals surface area contributed by atoms with Crippen LogP contribution in [0, 0.1) is 11.8 Å². The number of carbonyl (C=O) groups excluding carboxylic acids is 1. The second-order valence-corrected chi connectivity index (χ2v) is 2.74. The first-order valence-corrected chi connectivity index (χ1v) is 4.14. The van der Waals surface area contributed by atoms with E-state index in [4.69, 9.17) is 4.74 Å². The average molecular weight is 167 g/mol. The lowest BCUT2D eigenvalue weighted by molar-refractivity contribution is -0.116. The normalized spacial score (nSPS) is 17.8. The lowest BCUT2D eigenvalue weighted by Gasteiger charge is -2.21. The highest BCUT2D eigenvalue weighted by atomic mass is 16.5. The number of hydrogen-bond acceptors (Lipinski definition) is 2. The molecule has 1 saturated heterocycles. The second kappa shape index (κ2) is 4.78. The van der Waals surface area contributed by atoms with Gasteiger partial charge in [0, 0.05) is 19.3 Å². The molecule has 0 saturated carbocycles. The molecule has 0 bridgehead atoms. The quantitative estimate of drug-likeness (QED) is 0.571. The fourth-order valence-corrected chi connectivity index (χ4v) is 1.18. The van der Waals surface area contributed by atoms with Gasteiger partial charge in [0.2, 0.25) is 0 Å². The summed E-state index contributed by atoms with van der Waals surface area (Å²) in [6, 6.07) is 0.257. The minimum absolute atomic E-state index is 0.176. The van der Waals surface area contributed by atoms with Gasteiger partial charge >= 0.3 is 0 Å². The summed E-state index contributed by atoms with van der Waals surface area (Å²) in [6.07, 6.45) is 1.80. The Morgan fingerprint density at radius 3 is 2.75 bits per heavy atom. The largest absolute Gasteiger partial charge is 0.381 e. The summed E-state index contributed by atoms with van der Waals surface area (Å²) in [7, 11) is 0. The second-order valence-electron chi connectivity index (χ2n) is 2.74. The number of hydrogen-bond donors (Lipinski definition) is 1. The van der Waals surface area contributed by atoms with Crippen molar-refractivity contribution in [2.45, 2.75) is 25.8 Å². The molecule has 0 spiro atoms. The molecule has 0 aromatic rings. The van der Waals surface area contributed by atoms with Crippen LogP contribution in [-0.4, -0.2) is 25.2 Å². The number of nitrogens with one attached hydrogen (secondary N) is 1. The molecule has 12 heavy (non-hydrogen) atoms. The molecule has 66 valence electrons. The summed E-state index contributed by atoms with van der Waals surface area (Å²) < 4.78 is 5.15. The van der Waals surface area contributed by atoms with Crippen LogP contribution in [0.3, 0.4) is 0 Å². The summed E-state index contributed by atoms with van der Waals surface area (Å²) in [5, 5.41) is 2.83. The molecule has 1 fully saturated rings. The zero-order chi connectivity index (χ0) is 8.81. The molecule has 1 aliphatic heterocycles. The highest BCUT2D eigenvalue weighted by Crippen LogP contribution is 2.05. The van der Waals surface area contributed by atoms with Gasteiger partial charge in [0.15, 0.2) is 0 Å². The van der Waals surface area contributed by atoms with Crippen molar-refractivity contribution >= 4 is 5.91 Å². The molecule has 0 aromatic carbocycles. The van der Waals surface area contributed by atoms with Crippen molar-refractivity contribution in [2.75, 3.05) is 13.2 Å². The van der Waals surface area contributed by atoms with Crippen LogP contribution in [0.4, 0.5) is 0 Å². The highest BCUT2D eigenvalue weighted by molar-refractivity contribution is 5.93. The van der Waals surface area contributed by atoms with Gasteiger partial charge in [-0.15, -0.1) is 0 Å². The third-order valence-electron chi connectivity index (χ3n) is 1.80. The minimum Gasteiger partial charge on any atom is -0.381 e. The molecule has 1 amide bonds. The predicted octanol–water partition coefficient (Wildman–Crippen LogP) is 0.305. The van der Waals surface area contributed by atoms with E-state index in [1.807, 2.05) is 0 Å². The van der Waals surface area contributed by atoms with Crippen molar-refractivity contribution in [3.8, 4) is 11.8 Å². The average Bonchev–Trinajstić information content (AvgIpc) is 2.06. The lowest BCUT2D eigenvalue weighted by atomic mass is 10.1. The maximum atomic E-state index is 11.0. The summed E-state index contributed by atoms with van der Waals surface area (Å²) in [5.74, 6) is 4.84. The van der Waals surface area contributed by atoms with Crippen LogP contribution in [0.5, 0.6) is 0 Å². The van der Waals surface area contributed by atoms with Gasteiger partial charge in [0.25, 0.3) is 5.91 Å². The summed E-state index contributed by atoms with van der Waals surface area (Å²) >= 11 is 0. The Kier molecular flexibility index (Phi) is 3.62. The predicted molar refractivity (Wildman–Crippen MR) is 45.4 cm³/mol. The zero-order valence-corrected chi connectivity index (χ0v) is 7.22. The van der Waals surface area contributed by atoms with Gasteiger partial charge in [-0.3, -0.25) is 4.79 Å². The molecular weight excluding hydrogens is 154 g/mol. The third-order valence-corrected chi connectivity index (χ3v) is 1.80. The molecule has 0 atom stereocenters. The van der Waals surface area contributed by atoms with E-state index in [1.54, 1.807) is 6.92 Å². The van der Waals surface area contributed by atoms with E-state index in [-0.39, 0.29) is 11.9 Å². The first-order valence-electron chi connectivity index (χ1n) is 4.14. The van der Waals surface area contributed by atoms with Gasteiger partial charge < -0.3 is 10.1 Å². The van der Waals surface area contributed by atoms with E-state index in [1.165, 1.54) is 0 Å². The topological polar surface area (TPSA) is 38.3 Å². The van der Waals surface area contributed by atoms with Gasteiger partial charge in [-0.25, -0.2) is 0 Å². The molecule has 1 aliphatic rings. The van der Waals surface area contributed by atoms with E-state index in [9.17, 15) is 4.79 Å². The maximum Gasteiger partial charge on any atom is 0.296 e. The van der Waals surface area contributed by atoms with Crippen LogP contribution in [0.1, 0.15) is 19.8 Å². The number of carbonyl (C=O) groups is 1. The number of ether oxygens (including phenoxy) is 1. The molecule has 0 aromatic heterocycles. The van der Waals surface area contributed by atoms with E-state index in [0.29, 0.717) is 0 Å². The molecule has 0 unspecified atom stereocenters. The summed E-state index contributed by atoms with van der Waals surface area (Å²) in [5.41, 5.74) is 0. The Hall–Kier alpha value is -1.01. The first kappa shape index (κ1) is 9.08. The van der Waals surface area contributed by atoms with E-state index >= 15 is 0 Å². The van der Waals surface area contributed by atoms with Crippen molar-refractivity contribution in [3.63, 3.8) is 0 Å². The molecule has 3 nitrogen and oxygen atoms in total. The molecular formula is C9H13NO2. The molecule has 0 radical (unpaired) electrons. The zero-order valence-electron chi connectivity index (χ0n) is 7.22. The number of amides is 1. The molecule has 0 aliphatic carbocycles. The Bertz CT molecular complexity index is 208. The fourth-order valence-electron chi connectivity index (χ4n) is 1.18. The molecule has 1 rings (SSSR count). The van der Waals surface area contributed by atoms with Crippen molar-refractivity contribution in [1.29, 1.82) is 0 Å². The van der Waals surface area contributed by atoms with Crippen LogP contribution >= 0.6 is 0 Å². The van der Waals surface area contributed by atoms with Gasteiger partial charge in [-0.1, -0.05) is 5.92 Å². The SMILES string of the molecule is CC#CC(=O)NC1CCOCC1. The molecule has 1 N–H and O–H groups in total. The smallest absolute Gasteiger partial charge is 0.296 e. The van der Waals surface area contributed by atoms with Crippen LogP contribution in [0.15, 0.2) is 0 Å². The summed E-state index contributed by atoms with van der Waals surface area (Å²) in [4.78, 5) is 11.0.